The van der Waals surface area contributed by atoms with Gasteiger partial charge in [-0.1, -0.05) is 0 Å². The molecule has 0 unspecified atom stereocenters. The SMILES string of the molecule is COc1ccncc1N1CCNCC1. The number of piperazine rings is 1. The summed E-state index contributed by atoms with van der Waals surface area (Å²) in [7, 11) is 1.70. The van der Waals surface area contributed by atoms with E-state index in [4.69, 9.17) is 4.74 Å². The molecule has 1 aromatic heterocycles. The van der Waals surface area contributed by atoms with E-state index < -0.39 is 0 Å². The Morgan fingerprint density at radius 2 is 2.21 bits per heavy atom. The third-order valence-corrected chi connectivity index (χ3v) is 2.44. The van der Waals surface area contributed by atoms with Crippen LogP contribution in [0.3, 0.4) is 0 Å². The average Bonchev–Trinajstić information content (AvgIpc) is 2.30. The molecular weight excluding hydrogens is 178 g/mol. The number of rotatable bonds is 2. The maximum absolute atomic E-state index is 5.30. The Bertz CT molecular complexity index is 297. The van der Waals surface area contributed by atoms with E-state index >= 15 is 0 Å². The van der Waals surface area contributed by atoms with Crippen molar-refractivity contribution in [2.75, 3.05) is 38.2 Å². The number of nitrogens with zero attached hydrogens (tertiary/aromatic N) is 2. The Morgan fingerprint density at radius 1 is 1.43 bits per heavy atom. The van der Waals surface area contributed by atoms with Crippen LogP contribution in [-0.4, -0.2) is 38.3 Å². The van der Waals surface area contributed by atoms with Crippen LogP contribution in [0.25, 0.3) is 0 Å². The number of aromatic nitrogens is 1. The number of nitrogens with one attached hydrogen (secondary N) is 1. The quantitative estimate of drug-likeness (QED) is 0.742. The molecule has 76 valence electrons. The van der Waals surface area contributed by atoms with Crippen molar-refractivity contribution in [2.24, 2.45) is 0 Å². The molecule has 0 saturated carbocycles. The zero-order valence-corrected chi connectivity index (χ0v) is 8.36. The summed E-state index contributed by atoms with van der Waals surface area (Å²) in [6.07, 6.45) is 3.62. The van der Waals surface area contributed by atoms with Gasteiger partial charge in [-0.05, 0) is 0 Å². The van der Waals surface area contributed by atoms with Crippen LogP contribution in [0.5, 0.6) is 5.75 Å². The Kier molecular flexibility index (Phi) is 2.84. The molecular formula is C10H15N3O. The Balaban J connectivity index is 2.20. The molecule has 1 aromatic rings. The van der Waals surface area contributed by atoms with E-state index in [0.717, 1.165) is 37.6 Å². The van der Waals surface area contributed by atoms with Crippen LogP contribution in [0.2, 0.25) is 0 Å². The summed E-state index contributed by atoms with van der Waals surface area (Å²) in [4.78, 5) is 6.42. The summed E-state index contributed by atoms with van der Waals surface area (Å²) >= 11 is 0. The molecule has 0 aromatic carbocycles. The van der Waals surface area contributed by atoms with Gasteiger partial charge in [0.1, 0.15) is 5.75 Å². The average molecular weight is 193 g/mol. The van der Waals surface area contributed by atoms with E-state index in [9.17, 15) is 0 Å². The molecule has 1 saturated heterocycles. The lowest BCUT2D eigenvalue weighted by atomic mass is 10.3. The van der Waals surface area contributed by atoms with Gasteiger partial charge < -0.3 is 15.0 Å². The van der Waals surface area contributed by atoms with Crippen molar-refractivity contribution in [3.05, 3.63) is 18.5 Å². The highest BCUT2D eigenvalue weighted by Gasteiger charge is 2.14. The maximum atomic E-state index is 5.30. The van der Waals surface area contributed by atoms with Crippen LogP contribution in [0.4, 0.5) is 5.69 Å². The third kappa shape index (κ3) is 1.80. The lowest BCUT2D eigenvalue weighted by Gasteiger charge is -2.30. The molecule has 0 bridgehead atoms. The molecule has 0 amide bonds. The van der Waals surface area contributed by atoms with Crippen LogP contribution in [0.15, 0.2) is 18.5 Å². The van der Waals surface area contributed by atoms with Crippen molar-refractivity contribution < 1.29 is 4.74 Å². The van der Waals surface area contributed by atoms with Gasteiger partial charge in [0, 0.05) is 38.4 Å². The predicted octanol–water partition coefficient (Wildman–Crippen LogP) is 0.500. The number of hydrogen-bond donors (Lipinski definition) is 1. The van der Waals surface area contributed by atoms with Crippen LogP contribution >= 0.6 is 0 Å². The fourth-order valence-corrected chi connectivity index (χ4v) is 1.69. The van der Waals surface area contributed by atoms with Crippen molar-refractivity contribution in [1.82, 2.24) is 10.3 Å². The highest BCUT2D eigenvalue weighted by molar-refractivity contribution is 5.56. The van der Waals surface area contributed by atoms with E-state index in [0.29, 0.717) is 0 Å². The Labute approximate surface area is 83.9 Å². The van der Waals surface area contributed by atoms with Crippen molar-refractivity contribution in [3.8, 4) is 5.75 Å². The molecule has 1 aliphatic rings. The second-order valence-corrected chi connectivity index (χ2v) is 3.28. The molecule has 14 heavy (non-hydrogen) atoms. The van der Waals surface area contributed by atoms with Gasteiger partial charge in [0.25, 0.3) is 0 Å². The summed E-state index contributed by atoms with van der Waals surface area (Å²) in [5, 5.41) is 3.32. The van der Waals surface area contributed by atoms with Crippen molar-refractivity contribution in [3.63, 3.8) is 0 Å². The molecule has 0 radical (unpaired) electrons. The molecule has 1 N–H and O–H groups in total. The Morgan fingerprint density at radius 3 is 2.93 bits per heavy atom. The zero-order valence-electron chi connectivity index (χ0n) is 8.36. The molecule has 1 aliphatic heterocycles. The minimum Gasteiger partial charge on any atom is -0.494 e. The standard InChI is InChI=1S/C10H15N3O/c1-14-10-2-3-12-8-9(10)13-6-4-11-5-7-13/h2-3,8,11H,4-7H2,1H3. The number of anilines is 1. The summed E-state index contributed by atoms with van der Waals surface area (Å²) in [6.45, 7) is 4.08. The van der Waals surface area contributed by atoms with Crippen LogP contribution in [-0.2, 0) is 0 Å². The van der Waals surface area contributed by atoms with E-state index in [1.165, 1.54) is 0 Å². The topological polar surface area (TPSA) is 37.4 Å². The molecule has 0 spiro atoms. The summed E-state index contributed by atoms with van der Waals surface area (Å²) in [5.41, 5.74) is 1.09. The second kappa shape index (κ2) is 4.28. The summed E-state index contributed by atoms with van der Waals surface area (Å²) in [5.74, 6) is 0.905. The molecule has 0 aliphatic carbocycles. The van der Waals surface area contributed by atoms with Gasteiger partial charge in [0.2, 0.25) is 0 Å². The smallest absolute Gasteiger partial charge is 0.145 e. The van der Waals surface area contributed by atoms with Crippen LogP contribution in [0, 0.1) is 0 Å². The lowest BCUT2D eigenvalue weighted by Crippen LogP contribution is -2.43. The normalized spacial score (nSPS) is 16.8. The van der Waals surface area contributed by atoms with Gasteiger partial charge in [-0.2, -0.15) is 0 Å². The first kappa shape index (κ1) is 9.27. The highest BCUT2D eigenvalue weighted by Crippen LogP contribution is 2.26. The number of ether oxygens (including phenoxy) is 1. The fraction of sp³-hybridized carbons (Fsp3) is 0.500. The minimum atomic E-state index is 0.905. The number of pyridine rings is 1. The number of methoxy groups -OCH3 is 1. The van der Waals surface area contributed by atoms with E-state index in [1.807, 2.05) is 12.3 Å². The summed E-state index contributed by atoms with van der Waals surface area (Å²) < 4.78 is 5.30. The molecule has 2 rings (SSSR count). The maximum Gasteiger partial charge on any atom is 0.145 e. The van der Waals surface area contributed by atoms with Gasteiger partial charge in [-0.3, -0.25) is 4.98 Å². The molecule has 2 heterocycles. The largest absolute Gasteiger partial charge is 0.494 e. The Hall–Kier alpha value is -1.29. The molecule has 0 atom stereocenters. The van der Waals surface area contributed by atoms with E-state index in [2.05, 4.69) is 15.2 Å². The van der Waals surface area contributed by atoms with Gasteiger partial charge in [0.15, 0.2) is 0 Å². The first-order valence-corrected chi connectivity index (χ1v) is 4.85. The predicted molar refractivity (Wildman–Crippen MR) is 55.9 cm³/mol. The first-order chi connectivity index (χ1) is 6.92. The monoisotopic (exact) mass is 193 g/mol. The van der Waals surface area contributed by atoms with E-state index in [1.54, 1.807) is 13.3 Å². The van der Waals surface area contributed by atoms with Crippen LogP contribution < -0.4 is 15.0 Å². The highest BCUT2D eigenvalue weighted by atomic mass is 16.5. The molecule has 4 heteroatoms. The van der Waals surface area contributed by atoms with Crippen LogP contribution in [0.1, 0.15) is 0 Å². The first-order valence-electron chi connectivity index (χ1n) is 4.85. The fourth-order valence-electron chi connectivity index (χ4n) is 1.69. The second-order valence-electron chi connectivity index (χ2n) is 3.28. The minimum absolute atomic E-state index is 0.905. The van der Waals surface area contributed by atoms with Crippen molar-refractivity contribution in [1.29, 1.82) is 0 Å². The third-order valence-electron chi connectivity index (χ3n) is 2.44. The zero-order chi connectivity index (χ0) is 9.80. The summed E-state index contributed by atoms with van der Waals surface area (Å²) in [6, 6.07) is 1.90. The molecule has 4 nitrogen and oxygen atoms in total. The number of hydrogen-bond acceptors (Lipinski definition) is 4. The van der Waals surface area contributed by atoms with Crippen molar-refractivity contribution >= 4 is 5.69 Å². The van der Waals surface area contributed by atoms with Gasteiger partial charge in [-0.25, -0.2) is 0 Å². The van der Waals surface area contributed by atoms with Gasteiger partial charge >= 0.3 is 0 Å². The van der Waals surface area contributed by atoms with E-state index in [-0.39, 0.29) is 0 Å². The molecule has 1 fully saturated rings. The van der Waals surface area contributed by atoms with Gasteiger partial charge in [0.05, 0.1) is 19.0 Å². The van der Waals surface area contributed by atoms with Crippen molar-refractivity contribution in [2.45, 2.75) is 0 Å². The lowest BCUT2D eigenvalue weighted by molar-refractivity contribution is 0.412. The van der Waals surface area contributed by atoms with Gasteiger partial charge in [-0.15, -0.1) is 0 Å².